The van der Waals surface area contributed by atoms with Gasteiger partial charge in [-0.25, -0.2) is 4.68 Å². The summed E-state index contributed by atoms with van der Waals surface area (Å²) in [5, 5.41) is 21.8. The molecule has 2 aliphatic rings. The third-order valence-corrected chi connectivity index (χ3v) is 5.63. The van der Waals surface area contributed by atoms with Crippen molar-refractivity contribution in [2.75, 3.05) is 7.05 Å². The Morgan fingerprint density at radius 3 is 2.79 bits per heavy atom. The molecule has 0 unspecified atom stereocenters. The van der Waals surface area contributed by atoms with Gasteiger partial charge in [0.15, 0.2) is 11.9 Å². The Morgan fingerprint density at radius 1 is 1.39 bits per heavy atom. The fraction of sp³-hybridized carbons (Fsp3) is 0.500. The van der Waals surface area contributed by atoms with Gasteiger partial charge in [-0.3, -0.25) is 9.59 Å². The molecule has 3 atom stereocenters. The van der Waals surface area contributed by atoms with Crippen LogP contribution in [-0.4, -0.2) is 34.7 Å². The molecule has 8 nitrogen and oxygen atoms in total. The first-order valence-electron chi connectivity index (χ1n) is 9.54. The molecule has 0 saturated heterocycles. The molecule has 2 aromatic heterocycles. The normalized spacial score (nSPS) is 20.9. The molecule has 8 heteroatoms. The van der Waals surface area contributed by atoms with Gasteiger partial charge >= 0.3 is 0 Å². The van der Waals surface area contributed by atoms with Crippen LogP contribution in [0.25, 0.3) is 5.69 Å². The number of carbonyl (C=O) groups excluding carboxylic acids is 2. The molecular formula is C20H25N5O3. The summed E-state index contributed by atoms with van der Waals surface area (Å²) in [6.07, 6.45) is 4.77. The van der Waals surface area contributed by atoms with E-state index in [1.54, 1.807) is 17.8 Å². The summed E-state index contributed by atoms with van der Waals surface area (Å²) in [4.78, 5) is 25.4. The molecule has 0 spiro atoms. The van der Waals surface area contributed by atoms with E-state index in [-0.39, 0.29) is 11.8 Å². The van der Waals surface area contributed by atoms with Crippen molar-refractivity contribution in [2.24, 2.45) is 11.3 Å². The number of pyridine rings is 1. The Balaban J connectivity index is 1.71. The molecule has 2 aromatic rings. The fourth-order valence-electron chi connectivity index (χ4n) is 4.08. The number of rotatable bonds is 4. The first-order valence-corrected chi connectivity index (χ1v) is 9.54. The maximum absolute atomic E-state index is 13.1. The van der Waals surface area contributed by atoms with Crippen molar-refractivity contribution in [3.05, 3.63) is 46.7 Å². The predicted molar refractivity (Wildman–Crippen MR) is 102 cm³/mol. The zero-order valence-corrected chi connectivity index (χ0v) is 16.5. The lowest BCUT2D eigenvalue weighted by molar-refractivity contribution is -0.605. The van der Waals surface area contributed by atoms with Crippen molar-refractivity contribution in [2.45, 2.75) is 45.6 Å². The zero-order chi connectivity index (χ0) is 20.2. The Labute approximate surface area is 163 Å². The number of fused-ring (bicyclic) bond motifs is 3. The number of likely N-dealkylation sites (N-methyl/N-ethyl adjacent to an activating group) is 1. The van der Waals surface area contributed by atoms with E-state index in [2.05, 4.69) is 15.7 Å². The monoisotopic (exact) mass is 383 g/mol. The lowest BCUT2D eigenvalue weighted by Gasteiger charge is -2.29. The minimum atomic E-state index is -0.678. The van der Waals surface area contributed by atoms with Crippen LogP contribution in [0.3, 0.4) is 0 Å². The number of aromatic nitrogens is 3. The first-order chi connectivity index (χ1) is 13.2. The topological polar surface area (TPSA) is 103 Å². The SMILES string of the molecule is CNC(=O)[C@@H](NC(=O)c1nn(-c2ccc[n+]([O-])c2)c2c1C[C@H]1C[C@@H]21)C(C)(C)C. The van der Waals surface area contributed by atoms with Gasteiger partial charge in [0, 0.05) is 24.6 Å². The highest BCUT2D eigenvalue weighted by molar-refractivity contribution is 5.98. The summed E-state index contributed by atoms with van der Waals surface area (Å²) >= 11 is 0. The van der Waals surface area contributed by atoms with E-state index in [0.717, 1.165) is 28.8 Å². The van der Waals surface area contributed by atoms with E-state index in [4.69, 9.17) is 0 Å². The van der Waals surface area contributed by atoms with E-state index < -0.39 is 11.5 Å². The van der Waals surface area contributed by atoms with Crippen LogP contribution in [0.15, 0.2) is 24.5 Å². The molecule has 0 radical (unpaired) electrons. The molecule has 0 aromatic carbocycles. The smallest absolute Gasteiger partial charge is 0.272 e. The van der Waals surface area contributed by atoms with Crippen LogP contribution in [0.5, 0.6) is 0 Å². The van der Waals surface area contributed by atoms with Crippen molar-refractivity contribution >= 4 is 11.8 Å². The van der Waals surface area contributed by atoms with Crippen LogP contribution >= 0.6 is 0 Å². The van der Waals surface area contributed by atoms with Gasteiger partial charge in [-0.15, -0.1) is 0 Å². The van der Waals surface area contributed by atoms with E-state index in [1.165, 1.54) is 12.4 Å². The van der Waals surface area contributed by atoms with Crippen molar-refractivity contribution in [3.8, 4) is 5.69 Å². The molecule has 1 saturated carbocycles. The van der Waals surface area contributed by atoms with Crippen molar-refractivity contribution in [3.63, 3.8) is 0 Å². The molecule has 2 amide bonds. The number of carbonyl (C=O) groups is 2. The minimum Gasteiger partial charge on any atom is -0.619 e. The second-order valence-corrected chi connectivity index (χ2v) is 8.74. The largest absolute Gasteiger partial charge is 0.619 e. The number of hydrogen-bond donors (Lipinski definition) is 2. The number of amides is 2. The highest BCUT2D eigenvalue weighted by atomic mass is 16.5. The quantitative estimate of drug-likeness (QED) is 0.608. The summed E-state index contributed by atoms with van der Waals surface area (Å²) in [5.41, 5.74) is 2.50. The summed E-state index contributed by atoms with van der Waals surface area (Å²) in [7, 11) is 1.56. The average molecular weight is 383 g/mol. The van der Waals surface area contributed by atoms with E-state index >= 15 is 0 Å². The van der Waals surface area contributed by atoms with E-state index in [9.17, 15) is 14.8 Å². The van der Waals surface area contributed by atoms with Gasteiger partial charge in [0.05, 0.1) is 5.69 Å². The van der Waals surface area contributed by atoms with Crippen LogP contribution in [0.4, 0.5) is 0 Å². The van der Waals surface area contributed by atoms with Gasteiger partial charge < -0.3 is 15.8 Å². The number of nitrogens with zero attached hydrogens (tertiary/aromatic N) is 3. The van der Waals surface area contributed by atoms with Gasteiger partial charge in [0.2, 0.25) is 12.1 Å². The van der Waals surface area contributed by atoms with Crippen LogP contribution < -0.4 is 15.4 Å². The molecule has 148 valence electrons. The van der Waals surface area contributed by atoms with Crippen molar-refractivity contribution in [1.29, 1.82) is 0 Å². The lowest BCUT2D eigenvalue weighted by Crippen LogP contribution is -2.53. The third-order valence-electron chi connectivity index (χ3n) is 5.63. The van der Waals surface area contributed by atoms with Crippen molar-refractivity contribution in [1.82, 2.24) is 20.4 Å². The molecule has 28 heavy (non-hydrogen) atoms. The Morgan fingerprint density at radius 2 is 2.14 bits per heavy atom. The molecule has 1 fully saturated rings. The second-order valence-electron chi connectivity index (χ2n) is 8.74. The molecule has 2 heterocycles. The molecule has 0 bridgehead atoms. The maximum Gasteiger partial charge on any atom is 0.272 e. The number of nitrogens with one attached hydrogen (secondary N) is 2. The molecule has 2 N–H and O–H groups in total. The Hall–Kier alpha value is -2.90. The van der Waals surface area contributed by atoms with Gasteiger partial charge in [0.1, 0.15) is 11.7 Å². The molecule has 0 aliphatic heterocycles. The second kappa shape index (κ2) is 6.32. The third kappa shape index (κ3) is 3.02. The summed E-state index contributed by atoms with van der Waals surface area (Å²) in [6, 6.07) is 2.79. The average Bonchev–Trinajstić information content (AvgIpc) is 3.13. The van der Waals surface area contributed by atoms with Crippen LogP contribution in [-0.2, 0) is 11.2 Å². The number of hydrogen-bond acceptors (Lipinski definition) is 4. The molecular weight excluding hydrogens is 358 g/mol. The molecule has 4 rings (SSSR count). The Bertz CT molecular complexity index is 959. The van der Waals surface area contributed by atoms with Gasteiger partial charge in [0.25, 0.3) is 5.91 Å². The van der Waals surface area contributed by atoms with Gasteiger partial charge in [-0.1, -0.05) is 20.8 Å². The lowest BCUT2D eigenvalue weighted by atomic mass is 9.86. The standard InChI is InChI=1S/C20H25N5O3/c1-20(2,3)17(19(27)21-4)22-18(26)15-14-9-11-8-13(11)16(14)25(23-15)12-6-5-7-24(28)10-12/h5-7,10-11,13,17H,8-9H2,1-4H3,(H,21,27)(H,22,26)/t11-,13-,17-/m1/s1. The molecule has 2 aliphatic carbocycles. The zero-order valence-electron chi connectivity index (χ0n) is 16.5. The first kappa shape index (κ1) is 18.5. The van der Waals surface area contributed by atoms with Crippen LogP contribution in [0.1, 0.15) is 54.9 Å². The van der Waals surface area contributed by atoms with Gasteiger partial charge in [-0.05, 0) is 30.2 Å². The van der Waals surface area contributed by atoms with Crippen LogP contribution in [0, 0.1) is 16.5 Å². The predicted octanol–water partition coefficient (Wildman–Crippen LogP) is 1.06. The van der Waals surface area contributed by atoms with Gasteiger partial charge in [-0.2, -0.15) is 9.83 Å². The fourth-order valence-corrected chi connectivity index (χ4v) is 4.08. The summed E-state index contributed by atoms with van der Waals surface area (Å²) in [6.45, 7) is 5.72. The summed E-state index contributed by atoms with van der Waals surface area (Å²) in [5.74, 6) is 0.342. The summed E-state index contributed by atoms with van der Waals surface area (Å²) < 4.78 is 2.45. The van der Waals surface area contributed by atoms with Crippen molar-refractivity contribution < 1.29 is 14.3 Å². The van der Waals surface area contributed by atoms with E-state index in [0.29, 0.717) is 23.2 Å². The van der Waals surface area contributed by atoms with E-state index in [1.807, 2.05) is 26.8 Å². The van der Waals surface area contributed by atoms with Crippen LogP contribution in [0.2, 0.25) is 0 Å². The minimum absolute atomic E-state index is 0.241. The highest BCUT2D eigenvalue weighted by Gasteiger charge is 2.50. The highest BCUT2D eigenvalue weighted by Crippen LogP contribution is 2.57. The maximum atomic E-state index is 13.1. The Kier molecular flexibility index (Phi) is 4.17.